The van der Waals surface area contributed by atoms with Crippen molar-refractivity contribution >= 4 is 39.8 Å². The number of halogens is 1. The molecule has 0 radical (unpaired) electrons. The average Bonchev–Trinajstić information content (AvgIpc) is 3.36. The normalized spacial score (nSPS) is 14.4. The predicted molar refractivity (Wildman–Crippen MR) is 114 cm³/mol. The van der Waals surface area contributed by atoms with Crippen LogP contribution in [0.1, 0.15) is 18.0 Å². The lowest BCUT2D eigenvalue weighted by atomic mass is 10.1. The standard InChI is InChI=1S/C22H14ClN3O4/c23-15-4-6-18-19(12-15)24-21-14(8-9-25(21)22(18)27)11-17-5-7-20(30-17)13-2-1-3-16(10-13)26(28)29/h1-7,10-12H,8-9H2/b14-11+. The summed E-state index contributed by atoms with van der Waals surface area (Å²) in [6.45, 7) is 0.546. The van der Waals surface area contributed by atoms with E-state index in [4.69, 9.17) is 16.0 Å². The van der Waals surface area contributed by atoms with E-state index in [1.54, 1.807) is 47.0 Å². The second-order valence-electron chi connectivity index (χ2n) is 6.98. The van der Waals surface area contributed by atoms with Crippen LogP contribution in [0.2, 0.25) is 5.02 Å². The highest BCUT2D eigenvalue weighted by Gasteiger charge is 2.21. The molecular formula is C22H14ClN3O4. The van der Waals surface area contributed by atoms with Gasteiger partial charge in [-0.25, -0.2) is 4.98 Å². The van der Waals surface area contributed by atoms with Crippen LogP contribution in [-0.2, 0) is 6.54 Å². The number of non-ortho nitro benzene ring substituents is 1. The van der Waals surface area contributed by atoms with Crippen molar-refractivity contribution in [1.29, 1.82) is 0 Å². The number of fused-ring (bicyclic) bond motifs is 2. The lowest BCUT2D eigenvalue weighted by Crippen LogP contribution is -2.20. The predicted octanol–water partition coefficient (Wildman–Crippen LogP) is 5.16. The molecule has 5 rings (SSSR count). The third kappa shape index (κ3) is 3.09. The summed E-state index contributed by atoms with van der Waals surface area (Å²) in [6.07, 6.45) is 2.50. The van der Waals surface area contributed by atoms with Crippen LogP contribution in [0.5, 0.6) is 0 Å². The topological polar surface area (TPSA) is 91.2 Å². The average molecular weight is 420 g/mol. The van der Waals surface area contributed by atoms with Crippen LogP contribution in [0.15, 0.2) is 63.8 Å². The molecule has 0 fully saturated rings. The molecule has 0 unspecified atom stereocenters. The molecule has 0 spiro atoms. The second kappa shape index (κ2) is 6.96. The van der Waals surface area contributed by atoms with Gasteiger partial charge < -0.3 is 4.42 Å². The molecule has 8 heteroatoms. The fourth-order valence-corrected chi connectivity index (χ4v) is 3.82. The van der Waals surface area contributed by atoms with Gasteiger partial charge in [-0.15, -0.1) is 0 Å². The Labute approximate surface area is 175 Å². The SMILES string of the molecule is O=c1c2ccc(Cl)cc2nc2n1CC/C2=C\c1ccc(-c2cccc([N+](=O)[O-])c2)o1. The Bertz CT molecular complexity index is 1420. The first-order chi connectivity index (χ1) is 14.5. The van der Waals surface area contributed by atoms with E-state index in [-0.39, 0.29) is 11.2 Å². The molecule has 4 aromatic rings. The van der Waals surface area contributed by atoms with Gasteiger partial charge in [-0.1, -0.05) is 23.7 Å². The van der Waals surface area contributed by atoms with Gasteiger partial charge in [0.05, 0.1) is 15.8 Å². The van der Waals surface area contributed by atoms with Crippen LogP contribution >= 0.6 is 11.6 Å². The molecule has 3 heterocycles. The van der Waals surface area contributed by atoms with E-state index in [1.165, 1.54) is 12.1 Å². The third-order valence-electron chi connectivity index (χ3n) is 5.09. The van der Waals surface area contributed by atoms with Gasteiger partial charge in [0.1, 0.15) is 17.3 Å². The van der Waals surface area contributed by atoms with Crippen molar-refractivity contribution in [2.45, 2.75) is 13.0 Å². The molecule has 0 saturated carbocycles. The smallest absolute Gasteiger partial charge is 0.270 e. The minimum Gasteiger partial charge on any atom is -0.457 e. The number of allylic oxidation sites excluding steroid dienone is 1. The van der Waals surface area contributed by atoms with Gasteiger partial charge in [-0.05, 0) is 42.8 Å². The van der Waals surface area contributed by atoms with Crippen LogP contribution in [0.3, 0.4) is 0 Å². The molecule has 2 aromatic heterocycles. The minimum absolute atomic E-state index is 0.00244. The molecule has 7 nitrogen and oxygen atoms in total. The molecule has 148 valence electrons. The number of hydrogen-bond acceptors (Lipinski definition) is 5. The number of nitrogens with zero attached hydrogens (tertiary/aromatic N) is 3. The summed E-state index contributed by atoms with van der Waals surface area (Å²) < 4.78 is 7.54. The minimum atomic E-state index is -0.440. The summed E-state index contributed by atoms with van der Waals surface area (Å²) in [6, 6.07) is 14.9. The fraction of sp³-hybridized carbons (Fsp3) is 0.0909. The zero-order chi connectivity index (χ0) is 20.8. The van der Waals surface area contributed by atoms with E-state index < -0.39 is 4.92 Å². The van der Waals surface area contributed by atoms with Crippen LogP contribution in [0, 0.1) is 10.1 Å². The number of aromatic nitrogens is 2. The first-order valence-electron chi connectivity index (χ1n) is 9.25. The molecular weight excluding hydrogens is 406 g/mol. The Morgan fingerprint density at radius 1 is 1.17 bits per heavy atom. The third-order valence-corrected chi connectivity index (χ3v) is 5.33. The van der Waals surface area contributed by atoms with E-state index in [2.05, 4.69) is 4.98 Å². The van der Waals surface area contributed by atoms with Gasteiger partial charge in [0, 0.05) is 34.8 Å². The quantitative estimate of drug-likeness (QED) is 0.338. The maximum atomic E-state index is 12.8. The van der Waals surface area contributed by atoms with Crippen molar-refractivity contribution in [3.63, 3.8) is 0 Å². The van der Waals surface area contributed by atoms with Crippen molar-refractivity contribution in [2.75, 3.05) is 0 Å². The van der Waals surface area contributed by atoms with E-state index in [0.29, 0.717) is 51.8 Å². The highest BCUT2D eigenvalue weighted by atomic mass is 35.5. The Hall–Kier alpha value is -3.71. The number of furan rings is 1. The Balaban J connectivity index is 1.54. The molecule has 1 aliphatic rings. The Kier molecular flexibility index (Phi) is 4.25. The first-order valence-corrected chi connectivity index (χ1v) is 9.63. The number of rotatable bonds is 3. The monoisotopic (exact) mass is 419 g/mol. The molecule has 0 bridgehead atoms. The number of benzene rings is 2. The fourth-order valence-electron chi connectivity index (χ4n) is 3.66. The van der Waals surface area contributed by atoms with Gasteiger partial charge >= 0.3 is 0 Å². The number of nitro groups is 1. The number of nitro benzene ring substituents is 1. The highest BCUT2D eigenvalue weighted by Crippen LogP contribution is 2.31. The van der Waals surface area contributed by atoms with E-state index in [9.17, 15) is 14.9 Å². The summed E-state index contributed by atoms with van der Waals surface area (Å²) in [5, 5.41) is 12.1. The summed E-state index contributed by atoms with van der Waals surface area (Å²) in [5.74, 6) is 1.71. The molecule has 0 aliphatic carbocycles. The summed E-state index contributed by atoms with van der Waals surface area (Å²) in [5.41, 5.74) is 1.97. The van der Waals surface area contributed by atoms with Gasteiger partial charge in [0.15, 0.2) is 0 Å². The van der Waals surface area contributed by atoms with Gasteiger partial charge in [-0.2, -0.15) is 0 Å². The van der Waals surface area contributed by atoms with Crippen LogP contribution in [0.4, 0.5) is 5.69 Å². The van der Waals surface area contributed by atoms with Crippen LogP contribution in [-0.4, -0.2) is 14.5 Å². The lowest BCUT2D eigenvalue weighted by molar-refractivity contribution is -0.384. The van der Waals surface area contributed by atoms with Gasteiger partial charge in [0.2, 0.25) is 0 Å². The van der Waals surface area contributed by atoms with Crippen molar-refractivity contribution in [3.8, 4) is 11.3 Å². The van der Waals surface area contributed by atoms with Crippen molar-refractivity contribution in [3.05, 3.63) is 91.7 Å². The summed E-state index contributed by atoms with van der Waals surface area (Å²) in [4.78, 5) is 28.0. The van der Waals surface area contributed by atoms with E-state index in [0.717, 1.165) is 5.57 Å². The Morgan fingerprint density at radius 2 is 2.03 bits per heavy atom. The maximum Gasteiger partial charge on any atom is 0.270 e. The van der Waals surface area contributed by atoms with Crippen molar-refractivity contribution in [1.82, 2.24) is 9.55 Å². The zero-order valence-electron chi connectivity index (χ0n) is 15.5. The molecule has 30 heavy (non-hydrogen) atoms. The maximum absolute atomic E-state index is 12.8. The first kappa shape index (κ1) is 18.3. The van der Waals surface area contributed by atoms with Crippen molar-refractivity contribution in [2.24, 2.45) is 0 Å². The second-order valence-corrected chi connectivity index (χ2v) is 7.42. The molecule has 0 atom stereocenters. The molecule has 1 aliphatic heterocycles. The zero-order valence-corrected chi connectivity index (χ0v) is 16.3. The van der Waals surface area contributed by atoms with Crippen LogP contribution in [0.25, 0.3) is 33.9 Å². The molecule has 0 amide bonds. The summed E-state index contributed by atoms with van der Waals surface area (Å²) in [7, 11) is 0. The van der Waals surface area contributed by atoms with E-state index >= 15 is 0 Å². The van der Waals surface area contributed by atoms with Crippen molar-refractivity contribution < 1.29 is 9.34 Å². The highest BCUT2D eigenvalue weighted by molar-refractivity contribution is 6.31. The molecule has 0 N–H and O–H groups in total. The van der Waals surface area contributed by atoms with Gasteiger partial charge in [-0.3, -0.25) is 19.5 Å². The number of hydrogen-bond donors (Lipinski definition) is 0. The largest absolute Gasteiger partial charge is 0.457 e. The van der Waals surface area contributed by atoms with E-state index in [1.807, 2.05) is 6.08 Å². The Morgan fingerprint density at radius 3 is 2.87 bits per heavy atom. The molecule has 0 saturated heterocycles. The van der Waals surface area contributed by atoms with Gasteiger partial charge in [0.25, 0.3) is 11.2 Å². The molecule has 2 aromatic carbocycles. The summed E-state index contributed by atoms with van der Waals surface area (Å²) >= 11 is 6.06. The van der Waals surface area contributed by atoms with Crippen LogP contribution < -0.4 is 5.56 Å². The lowest BCUT2D eigenvalue weighted by Gasteiger charge is -2.05.